The number of carbonyl (C=O) groups excluding carboxylic acids is 1. The highest BCUT2D eigenvalue weighted by Gasteiger charge is 2.27. The molecule has 2 aliphatic rings. The zero-order valence-corrected chi connectivity index (χ0v) is 17.3. The van der Waals surface area contributed by atoms with Gasteiger partial charge in [0.2, 0.25) is 0 Å². The van der Waals surface area contributed by atoms with Gasteiger partial charge in [0.05, 0.1) is 18.4 Å². The molecule has 3 heterocycles. The Balaban J connectivity index is 1.61. The van der Waals surface area contributed by atoms with Crippen LogP contribution in [-0.2, 0) is 21.9 Å². The van der Waals surface area contributed by atoms with Crippen molar-refractivity contribution in [3.63, 3.8) is 0 Å². The molecule has 10 heteroatoms. The predicted octanol–water partition coefficient (Wildman–Crippen LogP) is 1.13. The number of nitrogens with zero attached hydrogens (tertiary/aromatic N) is 4. The van der Waals surface area contributed by atoms with Gasteiger partial charge in [-0.15, -0.1) is 4.40 Å². The Labute approximate surface area is 174 Å². The molecular weight excluding hydrogens is 406 g/mol. The molecule has 156 valence electrons. The van der Waals surface area contributed by atoms with Gasteiger partial charge >= 0.3 is 0 Å². The molecule has 0 unspecified atom stereocenters. The summed E-state index contributed by atoms with van der Waals surface area (Å²) in [6, 6.07) is 6.94. The number of imidazole rings is 1. The molecule has 1 aromatic carbocycles. The molecule has 0 saturated carbocycles. The second-order valence-electron chi connectivity index (χ2n) is 6.92. The van der Waals surface area contributed by atoms with Crippen LogP contribution in [0, 0.1) is 0 Å². The summed E-state index contributed by atoms with van der Waals surface area (Å²) >= 11 is 0. The third-order valence-electron chi connectivity index (χ3n) is 4.93. The van der Waals surface area contributed by atoms with Gasteiger partial charge in [-0.05, 0) is 29.8 Å². The molecule has 2 aliphatic heterocycles. The first kappa shape index (κ1) is 19.9. The number of aromatic nitrogens is 2. The monoisotopic (exact) mass is 427 g/mol. The second-order valence-corrected chi connectivity index (χ2v) is 8.68. The smallest absolute Gasteiger partial charge is 0.256 e. The maximum Gasteiger partial charge on any atom is 0.256 e. The van der Waals surface area contributed by atoms with Crippen LogP contribution in [0.15, 0.2) is 65.0 Å². The first-order chi connectivity index (χ1) is 14.4. The summed E-state index contributed by atoms with van der Waals surface area (Å²) in [5, 5.41) is 3.03. The number of ether oxygens (including phenoxy) is 1. The zero-order valence-electron chi connectivity index (χ0n) is 16.5. The van der Waals surface area contributed by atoms with Crippen molar-refractivity contribution in [1.29, 1.82) is 0 Å². The van der Waals surface area contributed by atoms with Crippen LogP contribution in [0.3, 0.4) is 0 Å². The van der Waals surface area contributed by atoms with Gasteiger partial charge in [-0.2, -0.15) is 0 Å². The summed E-state index contributed by atoms with van der Waals surface area (Å²) in [4.78, 5) is 19.1. The number of fused-ring (bicyclic) bond motifs is 1. The molecule has 0 bridgehead atoms. The van der Waals surface area contributed by atoms with Crippen molar-refractivity contribution in [1.82, 2.24) is 19.8 Å². The lowest BCUT2D eigenvalue weighted by Gasteiger charge is -2.27. The van der Waals surface area contributed by atoms with Gasteiger partial charge in [0, 0.05) is 32.2 Å². The molecule has 30 heavy (non-hydrogen) atoms. The second kappa shape index (κ2) is 7.79. The number of nitrogens with one attached hydrogen (secondary N) is 1. The Bertz CT molecular complexity index is 1160. The van der Waals surface area contributed by atoms with E-state index in [1.165, 1.54) is 6.08 Å². The van der Waals surface area contributed by atoms with Crippen LogP contribution in [0.4, 0.5) is 0 Å². The van der Waals surface area contributed by atoms with E-state index < -0.39 is 16.1 Å². The van der Waals surface area contributed by atoms with Crippen molar-refractivity contribution in [3.05, 3.63) is 72.0 Å². The number of rotatable bonds is 5. The first-order valence-electron chi connectivity index (χ1n) is 9.27. The summed E-state index contributed by atoms with van der Waals surface area (Å²) in [5.74, 6) is 1.32. The van der Waals surface area contributed by atoms with Crippen molar-refractivity contribution in [3.8, 4) is 5.75 Å². The van der Waals surface area contributed by atoms with Gasteiger partial charge in [0.1, 0.15) is 23.5 Å². The Hall–Kier alpha value is -3.40. The minimum atomic E-state index is -3.44. The quantitative estimate of drug-likeness (QED) is 0.767. The topological polar surface area (TPSA) is 106 Å². The Morgan fingerprint density at radius 1 is 1.23 bits per heavy atom. The fourth-order valence-corrected chi connectivity index (χ4v) is 4.27. The molecule has 9 nitrogen and oxygen atoms in total. The number of amides is 1. The van der Waals surface area contributed by atoms with Crippen LogP contribution in [-0.4, -0.2) is 54.0 Å². The predicted molar refractivity (Wildman–Crippen MR) is 111 cm³/mol. The summed E-state index contributed by atoms with van der Waals surface area (Å²) in [6.07, 6.45) is 8.21. The normalized spacial score (nSPS) is 18.1. The largest absolute Gasteiger partial charge is 0.497 e. The van der Waals surface area contributed by atoms with E-state index in [9.17, 15) is 13.2 Å². The van der Waals surface area contributed by atoms with Gasteiger partial charge in [-0.1, -0.05) is 12.1 Å². The average Bonchev–Trinajstić information content (AvgIpc) is 3.16. The van der Waals surface area contributed by atoms with Gasteiger partial charge < -0.3 is 19.5 Å². The van der Waals surface area contributed by atoms with Gasteiger partial charge in [0.15, 0.2) is 0 Å². The molecule has 0 spiro atoms. The van der Waals surface area contributed by atoms with E-state index in [-0.39, 0.29) is 18.2 Å². The van der Waals surface area contributed by atoms with Crippen LogP contribution in [0.5, 0.6) is 5.75 Å². The van der Waals surface area contributed by atoms with Crippen molar-refractivity contribution < 1.29 is 17.9 Å². The lowest BCUT2D eigenvalue weighted by molar-refractivity contribution is -0.117. The number of benzene rings is 1. The number of hydrogen-bond donors (Lipinski definition) is 1. The highest BCUT2D eigenvalue weighted by atomic mass is 32.2. The number of sulfonamides is 1. The Morgan fingerprint density at radius 2 is 2.00 bits per heavy atom. The summed E-state index contributed by atoms with van der Waals surface area (Å²) < 4.78 is 34.1. The van der Waals surface area contributed by atoms with E-state index >= 15 is 0 Å². The maximum absolute atomic E-state index is 13.0. The molecular formula is C20H21N5O4S. The highest BCUT2D eigenvalue weighted by molar-refractivity contribution is 7.90. The van der Waals surface area contributed by atoms with Crippen molar-refractivity contribution in [2.24, 2.45) is 11.4 Å². The number of carbonyl (C=O) groups is 1. The van der Waals surface area contributed by atoms with Crippen LogP contribution in [0.25, 0.3) is 0 Å². The average molecular weight is 427 g/mol. The van der Waals surface area contributed by atoms with E-state index in [1.807, 2.05) is 42.1 Å². The van der Waals surface area contributed by atoms with E-state index in [0.29, 0.717) is 23.0 Å². The molecule has 0 fully saturated rings. The van der Waals surface area contributed by atoms with Gasteiger partial charge in [0.25, 0.3) is 15.9 Å². The Morgan fingerprint density at radius 3 is 2.67 bits per heavy atom. The molecule has 0 saturated heterocycles. The number of methoxy groups -OCH3 is 1. The lowest BCUT2D eigenvalue weighted by Crippen LogP contribution is -2.38. The summed E-state index contributed by atoms with van der Waals surface area (Å²) in [6.45, 7) is 0.254. The van der Waals surface area contributed by atoms with E-state index in [4.69, 9.17) is 4.74 Å². The molecule has 1 amide bonds. The first-order valence-corrected chi connectivity index (χ1v) is 10.9. The van der Waals surface area contributed by atoms with Crippen molar-refractivity contribution >= 4 is 21.8 Å². The molecule has 4 rings (SSSR count). The number of hydrogen-bond acceptors (Lipinski definition) is 6. The van der Waals surface area contributed by atoms with Gasteiger partial charge in [-0.25, -0.2) is 13.4 Å². The van der Waals surface area contributed by atoms with Crippen molar-refractivity contribution in [2.45, 2.75) is 6.04 Å². The van der Waals surface area contributed by atoms with E-state index in [0.717, 1.165) is 5.56 Å². The molecule has 1 atom stereocenters. The third kappa shape index (κ3) is 3.99. The lowest BCUT2D eigenvalue weighted by atomic mass is 10.0. The number of amidine groups is 1. The molecule has 0 aliphatic carbocycles. The fourth-order valence-electron chi connectivity index (χ4n) is 3.30. The maximum atomic E-state index is 13.0. The summed E-state index contributed by atoms with van der Waals surface area (Å²) in [7, 11) is 0.0162. The van der Waals surface area contributed by atoms with Crippen LogP contribution < -0.4 is 10.1 Å². The minimum Gasteiger partial charge on any atom is -0.497 e. The summed E-state index contributed by atoms with van der Waals surface area (Å²) in [5.41, 5.74) is 1.26. The van der Waals surface area contributed by atoms with Crippen LogP contribution >= 0.6 is 0 Å². The minimum absolute atomic E-state index is 0.0858. The Kier molecular flexibility index (Phi) is 5.17. The SMILES string of the molecule is COc1ccc([C@H](NC(=O)C2=CN3CCS(=O)(=O)N=C3C=C2)c2nccn2C)cc1. The molecule has 1 N–H and O–H groups in total. The molecule has 2 aromatic rings. The standard InChI is InChI=1S/C20H21N5O4S/c1-24-10-9-21-19(24)18(14-3-6-16(29-2)7-4-14)22-20(26)15-5-8-17-23-30(27,28)12-11-25(17)13-15/h3-10,13,18H,11-12H2,1-2H3,(H,22,26)/t18-/m0/s1. The zero-order chi connectivity index (χ0) is 21.3. The third-order valence-corrected chi connectivity index (χ3v) is 6.09. The number of aryl methyl sites for hydroxylation is 1. The fraction of sp³-hybridized carbons (Fsp3) is 0.250. The van der Waals surface area contributed by atoms with E-state index in [1.54, 1.807) is 30.5 Å². The van der Waals surface area contributed by atoms with E-state index in [2.05, 4.69) is 14.7 Å². The van der Waals surface area contributed by atoms with Crippen LogP contribution in [0.2, 0.25) is 0 Å². The molecule has 0 radical (unpaired) electrons. The van der Waals surface area contributed by atoms with Crippen molar-refractivity contribution in [2.75, 3.05) is 19.4 Å². The van der Waals surface area contributed by atoms with Gasteiger partial charge in [-0.3, -0.25) is 4.79 Å². The highest BCUT2D eigenvalue weighted by Crippen LogP contribution is 2.24. The van der Waals surface area contributed by atoms with Crippen LogP contribution in [0.1, 0.15) is 17.4 Å². The molecule has 1 aromatic heterocycles.